The quantitative estimate of drug-likeness (QED) is 0.878. The van der Waals surface area contributed by atoms with E-state index < -0.39 is 10.0 Å². The smallest absolute Gasteiger partial charge is 0.240 e. The van der Waals surface area contributed by atoms with Crippen LogP contribution < -0.4 is 15.4 Å². The van der Waals surface area contributed by atoms with E-state index in [1.165, 1.54) is 13.5 Å². The molecule has 2 rings (SSSR count). The third-order valence-corrected chi connectivity index (χ3v) is 5.33. The average molecular weight is 297 g/mol. The maximum absolute atomic E-state index is 11.7. The van der Waals surface area contributed by atoms with Gasteiger partial charge < -0.3 is 10.6 Å². The molecule has 0 aromatic heterocycles. The molecule has 2 unspecified atom stereocenters. The lowest BCUT2D eigenvalue weighted by atomic mass is 9.96. The normalized spacial score (nSPS) is 21.8. The highest BCUT2D eigenvalue weighted by molar-refractivity contribution is 7.89. The minimum atomic E-state index is -3.37. The van der Waals surface area contributed by atoms with Crippen LogP contribution in [0.2, 0.25) is 0 Å². The number of nitrogens with zero attached hydrogens (tertiary/aromatic N) is 1. The van der Waals surface area contributed by atoms with Crippen molar-refractivity contribution in [2.24, 2.45) is 5.73 Å². The fourth-order valence-electron chi connectivity index (χ4n) is 2.76. The first kappa shape index (κ1) is 15.3. The van der Waals surface area contributed by atoms with Crippen LogP contribution in [0, 0.1) is 0 Å². The van der Waals surface area contributed by atoms with Crippen molar-refractivity contribution < 1.29 is 8.42 Å². The van der Waals surface area contributed by atoms with Crippen LogP contribution >= 0.6 is 0 Å². The molecule has 0 spiro atoms. The zero-order valence-corrected chi connectivity index (χ0v) is 12.9. The molecule has 0 amide bonds. The SMILES string of the molecule is CNS(=O)(=O)c1ccc(N2CCCCC2C(C)N)cc1. The number of hydrogen-bond donors (Lipinski definition) is 2. The zero-order chi connectivity index (χ0) is 14.8. The number of piperidine rings is 1. The van der Waals surface area contributed by atoms with Gasteiger partial charge in [0, 0.05) is 24.3 Å². The number of benzene rings is 1. The first-order chi connectivity index (χ1) is 9.45. The highest BCUT2D eigenvalue weighted by Gasteiger charge is 2.25. The topological polar surface area (TPSA) is 75.4 Å². The fraction of sp³-hybridized carbons (Fsp3) is 0.571. The largest absolute Gasteiger partial charge is 0.367 e. The summed E-state index contributed by atoms with van der Waals surface area (Å²) in [7, 11) is -1.95. The number of nitrogens with one attached hydrogen (secondary N) is 1. The molecule has 112 valence electrons. The minimum Gasteiger partial charge on any atom is -0.367 e. The summed E-state index contributed by atoms with van der Waals surface area (Å²) < 4.78 is 25.8. The molecule has 20 heavy (non-hydrogen) atoms. The summed E-state index contributed by atoms with van der Waals surface area (Å²) in [5.74, 6) is 0. The Morgan fingerprint density at radius 2 is 1.95 bits per heavy atom. The summed E-state index contributed by atoms with van der Waals surface area (Å²) in [5.41, 5.74) is 7.11. The van der Waals surface area contributed by atoms with E-state index in [4.69, 9.17) is 5.73 Å². The van der Waals surface area contributed by atoms with E-state index in [-0.39, 0.29) is 10.9 Å². The maximum Gasteiger partial charge on any atom is 0.240 e. The maximum atomic E-state index is 11.7. The molecule has 0 radical (unpaired) electrons. The Morgan fingerprint density at radius 1 is 1.30 bits per heavy atom. The van der Waals surface area contributed by atoms with Crippen molar-refractivity contribution in [3.05, 3.63) is 24.3 Å². The molecule has 1 aliphatic heterocycles. The standard InChI is InChI=1S/C14H23N3O2S/c1-11(15)14-5-3-4-10-17(14)12-6-8-13(9-7-12)20(18,19)16-2/h6-9,11,14,16H,3-5,10,15H2,1-2H3. The van der Waals surface area contributed by atoms with Gasteiger partial charge in [0.1, 0.15) is 0 Å². The van der Waals surface area contributed by atoms with Crippen LogP contribution in [-0.4, -0.2) is 34.1 Å². The van der Waals surface area contributed by atoms with Gasteiger partial charge in [0.05, 0.1) is 4.90 Å². The molecule has 0 saturated carbocycles. The molecule has 1 fully saturated rings. The minimum absolute atomic E-state index is 0.107. The average Bonchev–Trinajstić information content (AvgIpc) is 2.47. The first-order valence-corrected chi connectivity index (χ1v) is 8.50. The molecule has 2 atom stereocenters. The highest BCUT2D eigenvalue weighted by Crippen LogP contribution is 2.27. The van der Waals surface area contributed by atoms with Gasteiger partial charge in [-0.25, -0.2) is 13.1 Å². The molecule has 1 aromatic rings. The van der Waals surface area contributed by atoms with E-state index in [0.717, 1.165) is 25.1 Å². The number of hydrogen-bond acceptors (Lipinski definition) is 4. The predicted molar refractivity (Wildman–Crippen MR) is 81.3 cm³/mol. The lowest BCUT2D eigenvalue weighted by Gasteiger charge is -2.39. The molecular formula is C14H23N3O2S. The van der Waals surface area contributed by atoms with Crippen molar-refractivity contribution in [2.45, 2.75) is 43.2 Å². The molecule has 1 aromatic carbocycles. The van der Waals surface area contributed by atoms with E-state index in [1.807, 2.05) is 19.1 Å². The van der Waals surface area contributed by atoms with Crippen molar-refractivity contribution in [1.82, 2.24) is 4.72 Å². The van der Waals surface area contributed by atoms with E-state index in [9.17, 15) is 8.42 Å². The number of anilines is 1. The fourth-order valence-corrected chi connectivity index (χ4v) is 3.49. The van der Waals surface area contributed by atoms with Gasteiger partial charge in [-0.3, -0.25) is 0 Å². The first-order valence-electron chi connectivity index (χ1n) is 7.01. The highest BCUT2D eigenvalue weighted by atomic mass is 32.2. The second kappa shape index (κ2) is 6.11. The number of nitrogens with two attached hydrogens (primary N) is 1. The molecular weight excluding hydrogens is 274 g/mol. The summed E-state index contributed by atoms with van der Waals surface area (Å²) in [4.78, 5) is 2.59. The van der Waals surface area contributed by atoms with Gasteiger partial charge in [0.15, 0.2) is 0 Å². The van der Waals surface area contributed by atoms with Crippen LogP contribution in [0.3, 0.4) is 0 Å². The Morgan fingerprint density at radius 3 is 2.50 bits per heavy atom. The lowest BCUT2D eigenvalue weighted by Crippen LogP contribution is -2.49. The van der Waals surface area contributed by atoms with Crippen LogP contribution in [-0.2, 0) is 10.0 Å². The third kappa shape index (κ3) is 3.13. The van der Waals surface area contributed by atoms with Crippen molar-refractivity contribution >= 4 is 15.7 Å². The molecule has 1 heterocycles. The van der Waals surface area contributed by atoms with E-state index in [2.05, 4.69) is 9.62 Å². The van der Waals surface area contributed by atoms with Crippen LogP contribution in [0.5, 0.6) is 0 Å². The Bertz CT molecular complexity index is 540. The van der Waals surface area contributed by atoms with Crippen molar-refractivity contribution in [1.29, 1.82) is 0 Å². The van der Waals surface area contributed by atoms with E-state index >= 15 is 0 Å². The summed E-state index contributed by atoms with van der Waals surface area (Å²) in [6.45, 7) is 3.01. The molecule has 1 aliphatic rings. The predicted octanol–water partition coefficient (Wildman–Crippen LogP) is 1.30. The van der Waals surface area contributed by atoms with E-state index in [1.54, 1.807) is 12.1 Å². The van der Waals surface area contributed by atoms with Gasteiger partial charge in [-0.2, -0.15) is 0 Å². The van der Waals surface area contributed by atoms with Crippen molar-refractivity contribution in [3.63, 3.8) is 0 Å². The van der Waals surface area contributed by atoms with E-state index in [0.29, 0.717) is 6.04 Å². The number of rotatable bonds is 4. The second-order valence-corrected chi connectivity index (χ2v) is 7.20. The van der Waals surface area contributed by atoms with Crippen LogP contribution in [0.4, 0.5) is 5.69 Å². The Kier molecular flexibility index (Phi) is 4.67. The Labute approximate surface area is 121 Å². The van der Waals surface area contributed by atoms with Crippen molar-refractivity contribution in [2.75, 3.05) is 18.5 Å². The van der Waals surface area contributed by atoms with Gasteiger partial charge in [-0.05, 0) is 57.5 Å². The Balaban J connectivity index is 2.24. The van der Waals surface area contributed by atoms with Crippen LogP contribution in [0.1, 0.15) is 26.2 Å². The second-order valence-electron chi connectivity index (χ2n) is 5.32. The summed E-state index contributed by atoms with van der Waals surface area (Å²) in [5, 5.41) is 0. The van der Waals surface area contributed by atoms with Gasteiger partial charge in [-0.15, -0.1) is 0 Å². The summed E-state index contributed by atoms with van der Waals surface area (Å²) in [6, 6.07) is 7.46. The zero-order valence-electron chi connectivity index (χ0n) is 12.0. The summed E-state index contributed by atoms with van der Waals surface area (Å²) >= 11 is 0. The van der Waals surface area contributed by atoms with Crippen LogP contribution in [0.15, 0.2) is 29.2 Å². The lowest BCUT2D eigenvalue weighted by molar-refractivity contribution is 0.413. The monoisotopic (exact) mass is 297 g/mol. The molecule has 6 heteroatoms. The molecule has 0 bridgehead atoms. The Hall–Kier alpha value is -1.11. The molecule has 1 saturated heterocycles. The summed E-state index contributed by atoms with van der Waals surface area (Å²) in [6.07, 6.45) is 3.45. The number of sulfonamides is 1. The molecule has 3 N–H and O–H groups in total. The van der Waals surface area contributed by atoms with Gasteiger partial charge >= 0.3 is 0 Å². The molecule has 5 nitrogen and oxygen atoms in total. The van der Waals surface area contributed by atoms with Gasteiger partial charge in [-0.1, -0.05) is 0 Å². The van der Waals surface area contributed by atoms with Gasteiger partial charge in [0.2, 0.25) is 10.0 Å². The van der Waals surface area contributed by atoms with Crippen LogP contribution in [0.25, 0.3) is 0 Å². The third-order valence-electron chi connectivity index (χ3n) is 3.90. The van der Waals surface area contributed by atoms with Gasteiger partial charge in [0.25, 0.3) is 0 Å². The molecule has 0 aliphatic carbocycles. The van der Waals surface area contributed by atoms with Crippen molar-refractivity contribution in [3.8, 4) is 0 Å².